The quantitative estimate of drug-likeness (QED) is 0.0294. The molecule has 70 heavy (non-hydrogen) atoms. The third-order valence-corrected chi connectivity index (χ3v) is 10.7. The van der Waals surface area contributed by atoms with E-state index >= 15 is 0 Å². The summed E-state index contributed by atoms with van der Waals surface area (Å²) in [7, 11) is 1.41. The summed E-state index contributed by atoms with van der Waals surface area (Å²) in [6.45, 7) is 13.6. The number of rotatable bonds is 14. The summed E-state index contributed by atoms with van der Waals surface area (Å²) >= 11 is 0. The van der Waals surface area contributed by atoms with Crippen molar-refractivity contribution in [1.82, 2.24) is 31.5 Å². The molecule has 1 aliphatic heterocycles. The fourth-order valence-corrected chi connectivity index (χ4v) is 7.20. The summed E-state index contributed by atoms with van der Waals surface area (Å²) in [5.74, 6) is 3.66. The zero-order valence-electron chi connectivity index (χ0n) is 41.2. The average Bonchev–Trinajstić information content (AvgIpc) is 3.29. The highest BCUT2D eigenvalue weighted by Gasteiger charge is 2.33. The molecule has 0 saturated heterocycles. The monoisotopic (exact) mass is 963 g/mol. The van der Waals surface area contributed by atoms with Gasteiger partial charge < -0.3 is 62.0 Å². The number of carbonyl (C=O) groups excluding carboxylic acids is 6. The van der Waals surface area contributed by atoms with Gasteiger partial charge in [0, 0.05) is 23.7 Å². The zero-order valence-corrected chi connectivity index (χ0v) is 41.2. The Labute approximate surface area is 408 Å². The van der Waals surface area contributed by atoms with Crippen molar-refractivity contribution in [3.63, 3.8) is 0 Å². The van der Waals surface area contributed by atoms with Gasteiger partial charge in [-0.15, -0.1) is 0 Å². The molecule has 0 aliphatic carbocycles. The molecule has 0 saturated carbocycles. The summed E-state index contributed by atoms with van der Waals surface area (Å²) in [6, 6.07) is 21.6. The molecule has 5 rings (SSSR count). The molecule has 19 heteroatoms. The molecule has 4 aromatic carbocycles. The first-order chi connectivity index (χ1) is 33.0. The van der Waals surface area contributed by atoms with E-state index in [1.807, 2.05) is 43.3 Å². The van der Waals surface area contributed by atoms with Gasteiger partial charge in [-0.05, 0) is 120 Å². The van der Waals surface area contributed by atoms with Gasteiger partial charge in [0.25, 0.3) is 5.91 Å². The van der Waals surface area contributed by atoms with Crippen LogP contribution in [0.3, 0.4) is 0 Å². The van der Waals surface area contributed by atoms with E-state index in [0.29, 0.717) is 39.3 Å². The molecule has 374 valence electrons. The van der Waals surface area contributed by atoms with E-state index in [9.17, 15) is 28.8 Å². The van der Waals surface area contributed by atoms with Crippen LogP contribution in [0.4, 0.5) is 9.59 Å². The first-order valence-corrected chi connectivity index (χ1v) is 22.8. The van der Waals surface area contributed by atoms with Crippen LogP contribution in [0.25, 0.3) is 22.3 Å². The lowest BCUT2D eigenvalue weighted by molar-refractivity contribution is -0.139. The van der Waals surface area contributed by atoms with Crippen LogP contribution in [0.2, 0.25) is 0 Å². The Morgan fingerprint density at radius 2 is 1.26 bits per heavy atom. The summed E-state index contributed by atoms with van der Waals surface area (Å²) in [5.41, 5.74) is 9.91. The van der Waals surface area contributed by atoms with Gasteiger partial charge in [0.15, 0.2) is 0 Å². The second-order valence-electron chi connectivity index (χ2n) is 18.7. The van der Waals surface area contributed by atoms with Crippen molar-refractivity contribution < 1.29 is 47.7 Å². The van der Waals surface area contributed by atoms with Crippen LogP contribution in [-0.4, -0.2) is 110 Å². The van der Waals surface area contributed by atoms with Crippen LogP contribution in [0.1, 0.15) is 81.6 Å². The number of hydrogen-bond donors (Lipinski definition) is 7. The minimum Gasteiger partial charge on any atom is -0.491 e. The van der Waals surface area contributed by atoms with Gasteiger partial charge in [0.2, 0.25) is 17.7 Å². The molecule has 9 N–H and O–H groups in total. The summed E-state index contributed by atoms with van der Waals surface area (Å²) in [5, 5.41) is 17.2. The molecule has 0 aromatic heterocycles. The Bertz CT molecular complexity index is 2550. The Hall–Kier alpha value is -7.83. The number of amides is 6. The minimum atomic E-state index is -1.38. The van der Waals surface area contributed by atoms with Crippen LogP contribution < -0.4 is 47.6 Å². The molecule has 3 atom stereocenters. The standard InChI is InChI=1S/C51H65N9O10/c1-30-10-13-33(14-11-30)34-15-17-35(18-16-34)46(63)56-29-42(61)60(9)43-36-19-21-41(68-25-23-55-49(66)70-51(6,7)8)38(28-36)37-26-32(12-20-40(37)67-24-22-54-48(65)69-50(3,4)5)27-39(44(52)59-53)58-45(62)31(2)57-47(43)64/h10-21,26,28,31,39,43H,22-25,27,29,53H2,1-9H3,(H2,52,59)(H,54,65)(H,55,66)(H,56,63)(H,57,64)(H,58,62)/t31-,39?,43?/m0/s1. The molecule has 1 heterocycles. The van der Waals surface area contributed by atoms with Gasteiger partial charge >= 0.3 is 12.2 Å². The predicted molar refractivity (Wildman–Crippen MR) is 265 cm³/mol. The third-order valence-electron chi connectivity index (χ3n) is 10.7. The Balaban J connectivity index is 1.53. The molecule has 6 amide bonds. The fourth-order valence-electron chi connectivity index (χ4n) is 7.20. The number of fused-ring (bicyclic) bond motifs is 5. The summed E-state index contributed by atoms with van der Waals surface area (Å²) in [6.07, 6.45) is -1.17. The van der Waals surface area contributed by atoms with Crippen molar-refractivity contribution in [3.8, 4) is 33.8 Å². The van der Waals surface area contributed by atoms with E-state index in [0.717, 1.165) is 16.7 Å². The van der Waals surface area contributed by atoms with Crippen molar-refractivity contribution in [2.75, 3.05) is 39.9 Å². The number of hydrazone groups is 1. The smallest absolute Gasteiger partial charge is 0.407 e. The van der Waals surface area contributed by atoms with Crippen molar-refractivity contribution in [2.45, 2.75) is 91.1 Å². The number of hydrogen-bond acceptors (Lipinski definition) is 12. The highest BCUT2D eigenvalue weighted by Crippen LogP contribution is 2.40. The number of nitrogens with two attached hydrogens (primary N) is 2. The number of carbonyl (C=O) groups is 6. The van der Waals surface area contributed by atoms with E-state index < -0.39 is 71.7 Å². The molecule has 1 aliphatic rings. The molecule has 0 fully saturated rings. The summed E-state index contributed by atoms with van der Waals surface area (Å²) < 4.78 is 23.3. The first-order valence-electron chi connectivity index (χ1n) is 22.8. The highest BCUT2D eigenvalue weighted by molar-refractivity contribution is 5.99. The molecule has 4 aromatic rings. The predicted octanol–water partition coefficient (Wildman–Crippen LogP) is 4.84. The fraction of sp³-hybridized carbons (Fsp3) is 0.392. The Kier molecular flexibility index (Phi) is 17.8. The zero-order chi connectivity index (χ0) is 51.3. The number of nitrogens with one attached hydrogen (secondary N) is 5. The van der Waals surface area contributed by atoms with E-state index in [1.54, 1.807) is 90.1 Å². The van der Waals surface area contributed by atoms with Crippen molar-refractivity contribution >= 4 is 41.7 Å². The van der Waals surface area contributed by atoms with E-state index in [-0.39, 0.29) is 38.6 Å². The van der Waals surface area contributed by atoms with E-state index in [1.165, 1.54) is 18.9 Å². The van der Waals surface area contributed by atoms with Crippen LogP contribution in [0.5, 0.6) is 11.5 Å². The van der Waals surface area contributed by atoms with E-state index in [4.69, 9.17) is 30.5 Å². The lowest BCUT2D eigenvalue weighted by Gasteiger charge is -2.30. The Morgan fingerprint density at radius 1 is 0.729 bits per heavy atom. The second kappa shape index (κ2) is 23.5. The number of alkyl carbamates (subject to hydrolysis) is 2. The van der Waals surface area contributed by atoms with Gasteiger partial charge in [-0.2, -0.15) is 5.10 Å². The maximum absolute atomic E-state index is 14.5. The number of nitrogens with zero attached hydrogens (tertiary/aromatic N) is 2. The van der Waals surface area contributed by atoms with Gasteiger partial charge in [-0.25, -0.2) is 9.59 Å². The highest BCUT2D eigenvalue weighted by atomic mass is 16.6. The third kappa shape index (κ3) is 15.3. The molecular formula is C51H65N9O10. The van der Waals surface area contributed by atoms with Crippen molar-refractivity contribution in [2.24, 2.45) is 16.7 Å². The largest absolute Gasteiger partial charge is 0.491 e. The van der Waals surface area contributed by atoms with Gasteiger partial charge in [-0.3, -0.25) is 19.2 Å². The number of amidine groups is 1. The molecule has 19 nitrogen and oxygen atoms in total. The maximum atomic E-state index is 14.5. The summed E-state index contributed by atoms with van der Waals surface area (Å²) in [4.78, 5) is 81.8. The molecule has 2 unspecified atom stereocenters. The number of likely N-dealkylation sites (N-methyl/N-ethyl adjacent to an activating group) is 1. The average molecular weight is 964 g/mol. The second-order valence-corrected chi connectivity index (χ2v) is 18.7. The molecule has 0 radical (unpaired) electrons. The number of benzene rings is 4. The Morgan fingerprint density at radius 3 is 1.80 bits per heavy atom. The molecule has 4 bridgehead atoms. The topological polar surface area (TPSA) is 267 Å². The molecular weight excluding hydrogens is 899 g/mol. The first kappa shape index (κ1) is 53.1. The normalized spacial score (nSPS) is 16.3. The number of ether oxygens (including phenoxy) is 4. The van der Waals surface area contributed by atoms with Crippen molar-refractivity contribution in [3.05, 3.63) is 107 Å². The van der Waals surface area contributed by atoms with Gasteiger partial charge in [0.05, 0.1) is 25.7 Å². The maximum Gasteiger partial charge on any atom is 0.407 e. The van der Waals surface area contributed by atoms with Gasteiger partial charge in [-0.1, -0.05) is 54.1 Å². The SMILES string of the molecule is Cc1ccc(-c2ccc(C(=O)NCC(=O)N(C)C3C(=O)N[C@@H](C)C(=O)NC(/C(N)=N/N)Cc4ccc(OCCNC(=O)OC(C)(C)C)c(c4)-c4cc3ccc4OCCNC(=O)OC(C)(C)C)cc2)cc1. The molecule has 0 spiro atoms. The van der Waals surface area contributed by atoms with Crippen LogP contribution in [-0.2, 0) is 30.3 Å². The minimum absolute atomic E-state index is 0.00445. The van der Waals surface area contributed by atoms with E-state index in [2.05, 4.69) is 31.7 Å². The lowest BCUT2D eigenvalue weighted by atomic mass is 9.93. The lowest BCUT2D eigenvalue weighted by Crippen LogP contribution is -2.54. The van der Waals surface area contributed by atoms with Crippen LogP contribution >= 0.6 is 0 Å². The van der Waals surface area contributed by atoms with Crippen LogP contribution in [0.15, 0.2) is 90.0 Å². The number of aryl methyl sites for hydroxylation is 1. The van der Waals surface area contributed by atoms with Crippen LogP contribution in [0, 0.1) is 6.92 Å². The van der Waals surface area contributed by atoms with Crippen molar-refractivity contribution in [1.29, 1.82) is 0 Å². The van der Waals surface area contributed by atoms with Gasteiger partial charge in [0.1, 0.15) is 53.8 Å².